The lowest BCUT2D eigenvalue weighted by Crippen LogP contribution is -2.66. The first-order valence-electron chi connectivity index (χ1n) is 9.02. The first-order chi connectivity index (χ1) is 11.8. The van der Waals surface area contributed by atoms with Crippen molar-refractivity contribution in [1.82, 2.24) is 0 Å². The molecule has 3 rings (SSSR count). The molecule has 1 aliphatic rings. The van der Waals surface area contributed by atoms with E-state index in [0.29, 0.717) is 6.61 Å². The molecular formula is C22H29NOSi. The highest BCUT2D eigenvalue weighted by atomic mass is 28.4. The Morgan fingerprint density at radius 2 is 1.44 bits per heavy atom. The van der Waals surface area contributed by atoms with E-state index in [1.54, 1.807) is 0 Å². The van der Waals surface area contributed by atoms with Gasteiger partial charge >= 0.3 is 0 Å². The van der Waals surface area contributed by atoms with Crippen LogP contribution >= 0.6 is 0 Å². The molecule has 1 fully saturated rings. The van der Waals surface area contributed by atoms with Crippen LogP contribution in [-0.4, -0.2) is 20.5 Å². The van der Waals surface area contributed by atoms with E-state index in [0.717, 1.165) is 18.4 Å². The molecule has 1 saturated carbocycles. The largest absolute Gasteiger partial charge is 0.403 e. The molecule has 2 aromatic carbocycles. The van der Waals surface area contributed by atoms with Crippen LogP contribution in [0, 0.1) is 0 Å². The Labute approximate surface area is 152 Å². The summed E-state index contributed by atoms with van der Waals surface area (Å²) in [6.07, 6.45) is 2.05. The Balaban J connectivity index is 2.07. The van der Waals surface area contributed by atoms with Gasteiger partial charge in [-0.25, -0.2) is 0 Å². The van der Waals surface area contributed by atoms with Crippen molar-refractivity contribution in [1.29, 1.82) is 0 Å². The van der Waals surface area contributed by atoms with E-state index in [1.807, 2.05) is 0 Å². The van der Waals surface area contributed by atoms with Gasteiger partial charge in [-0.05, 0) is 33.8 Å². The Bertz CT molecular complexity index is 690. The summed E-state index contributed by atoms with van der Waals surface area (Å²) in [5, 5.41) is 2.58. The molecule has 132 valence electrons. The molecule has 2 nitrogen and oxygen atoms in total. The van der Waals surface area contributed by atoms with Crippen molar-refractivity contribution in [2.45, 2.75) is 44.2 Å². The summed E-state index contributed by atoms with van der Waals surface area (Å²) in [4.78, 5) is 0. The van der Waals surface area contributed by atoms with Crippen molar-refractivity contribution in [3.05, 3.63) is 72.8 Å². The fraction of sp³-hybridized carbons (Fsp3) is 0.364. The summed E-state index contributed by atoms with van der Waals surface area (Å²) in [5.74, 6) is 0. The summed E-state index contributed by atoms with van der Waals surface area (Å²) >= 11 is 0. The number of hydrogen-bond acceptors (Lipinski definition) is 2. The van der Waals surface area contributed by atoms with Gasteiger partial charge in [-0.3, -0.25) is 0 Å². The highest BCUT2D eigenvalue weighted by Gasteiger charge is 2.51. The molecule has 0 unspecified atom stereocenters. The van der Waals surface area contributed by atoms with E-state index >= 15 is 0 Å². The summed E-state index contributed by atoms with van der Waals surface area (Å²) in [6.45, 7) is 11.6. The van der Waals surface area contributed by atoms with Gasteiger partial charge in [0.25, 0.3) is 8.32 Å². The van der Waals surface area contributed by atoms with E-state index in [9.17, 15) is 0 Å². The number of benzene rings is 2. The highest BCUT2D eigenvalue weighted by Crippen LogP contribution is 2.41. The number of rotatable bonds is 6. The molecule has 0 amide bonds. The van der Waals surface area contributed by atoms with Crippen molar-refractivity contribution in [2.24, 2.45) is 5.73 Å². The minimum absolute atomic E-state index is 0.0126. The third-order valence-corrected chi connectivity index (χ3v) is 10.4. The lowest BCUT2D eigenvalue weighted by molar-refractivity contribution is 0.321. The van der Waals surface area contributed by atoms with Crippen LogP contribution in [0.4, 0.5) is 0 Å². The average molecular weight is 352 g/mol. The second kappa shape index (κ2) is 6.56. The third kappa shape index (κ3) is 3.37. The SMILES string of the molecule is C=C(CO[Si](c1ccccc1)(c1ccccc1)C(C)(C)C)C1(N)CC1. The van der Waals surface area contributed by atoms with Crippen molar-refractivity contribution >= 4 is 18.7 Å². The van der Waals surface area contributed by atoms with E-state index in [2.05, 4.69) is 88.0 Å². The van der Waals surface area contributed by atoms with Crippen molar-refractivity contribution < 1.29 is 4.43 Å². The predicted molar refractivity (Wildman–Crippen MR) is 109 cm³/mol. The summed E-state index contributed by atoms with van der Waals surface area (Å²) in [6, 6.07) is 21.4. The Kier molecular flexibility index (Phi) is 4.75. The monoisotopic (exact) mass is 351 g/mol. The zero-order chi connectivity index (χ0) is 18.1. The van der Waals surface area contributed by atoms with E-state index < -0.39 is 8.32 Å². The van der Waals surface area contributed by atoms with Crippen molar-refractivity contribution in [3.8, 4) is 0 Å². The van der Waals surface area contributed by atoms with Crippen LogP contribution in [0.3, 0.4) is 0 Å². The maximum absolute atomic E-state index is 6.85. The van der Waals surface area contributed by atoms with E-state index in [-0.39, 0.29) is 10.6 Å². The second-order valence-electron chi connectivity index (χ2n) is 8.21. The van der Waals surface area contributed by atoms with Gasteiger partial charge in [0, 0.05) is 5.54 Å². The minimum atomic E-state index is -2.48. The maximum Gasteiger partial charge on any atom is 0.261 e. The molecule has 25 heavy (non-hydrogen) atoms. The van der Waals surface area contributed by atoms with Gasteiger partial charge in [-0.1, -0.05) is 88.0 Å². The molecule has 0 heterocycles. The lowest BCUT2D eigenvalue weighted by Gasteiger charge is -2.43. The van der Waals surface area contributed by atoms with Crippen LogP contribution in [0.2, 0.25) is 5.04 Å². The number of nitrogens with two attached hydrogens (primary N) is 1. The molecule has 2 aromatic rings. The zero-order valence-corrected chi connectivity index (χ0v) is 16.6. The fourth-order valence-corrected chi connectivity index (χ4v) is 8.14. The fourth-order valence-electron chi connectivity index (χ4n) is 3.59. The predicted octanol–water partition coefficient (Wildman–Crippen LogP) is 3.61. The normalized spacial score (nSPS) is 16.5. The summed E-state index contributed by atoms with van der Waals surface area (Å²) in [5.41, 5.74) is 7.17. The molecule has 0 spiro atoms. The van der Waals surface area contributed by atoms with Crippen LogP contribution in [0.1, 0.15) is 33.6 Å². The molecular weight excluding hydrogens is 322 g/mol. The first-order valence-corrected chi connectivity index (χ1v) is 10.9. The van der Waals surface area contributed by atoms with E-state index in [1.165, 1.54) is 10.4 Å². The maximum atomic E-state index is 6.85. The molecule has 0 aromatic heterocycles. The van der Waals surface area contributed by atoms with Gasteiger partial charge in [0.1, 0.15) is 0 Å². The van der Waals surface area contributed by atoms with Gasteiger partial charge in [-0.2, -0.15) is 0 Å². The molecule has 0 radical (unpaired) electrons. The quantitative estimate of drug-likeness (QED) is 0.637. The molecule has 2 N–H and O–H groups in total. The topological polar surface area (TPSA) is 35.2 Å². The van der Waals surface area contributed by atoms with E-state index in [4.69, 9.17) is 10.2 Å². The average Bonchev–Trinajstić information content (AvgIpc) is 3.35. The molecule has 0 aliphatic heterocycles. The third-order valence-electron chi connectivity index (χ3n) is 5.37. The summed E-state index contributed by atoms with van der Waals surface area (Å²) < 4.78 is 6.85. The van der Waals surface area contributed by atoms with Gasteiger partial charge in [0.05, 0.1) is 6.61 Å². The highest BCUT2D eigenvalue weighted by molar-refractivity contribution is 6.99. The van der Waals surface area contributed by atoms with Crippen LogP contribution in [0.25, 0.3) is 0 Å². The lowest BCUT2D eigenvalue weighted by atomic mass is 10.1. The van der Waals surface area contributed by atoms with Gasteiger partial charge < -0.3 is 10.2 Å². The first kappa shape index (κ1) is 18.1. The second-order valence-corrected chi connectivity index (χ2v) is 12.5. The number of hydrogen-bond donors (Lipinski definition) is 1. The molecule has 0 saturated heterocycles. The molecule has 0 bridgehead atoms. The smallest absolute Gasteiger partial charge is 0.261 e. The van der Waals surface area contributed by atoms with Crippen LogP contribution in [0.5, 0.6) is 0 Å². The molecule has 1 aliphatic carbocycles. The molecule has 3 heteroatoms. The van der Waals surface area contributed by atoms with Gasteiger partial charge in [0.2, 0.25) is 0 Å². The van der Waals surface area contributed by atoms with Crippen molar-refractivity contribution in [2.75, 3.05) is 6.61 Å². The molecule has 0 atom stereocenters. The standard InChI is InChI=1S/C22H29NOSi/c1-18(22(23)15-16-22)17-24-25(21(2,3)4,19-11-7-5-8-12-19)20-13-9-6-10-14-20/h5-14H,1,15-17,23H2,2-4H3. The zero-order valence-electron chi connectivity index (χ0n) is 15.6. The minimum Gasteiger partial charge on any atom is -0.403 e. The Hall–Kier alpha value is -1.68. The Morgan fingerprint density at radius 3 is 1.80 bits per heavy atom. The van der Waals surface area contributed by atoms with Crippen LogP contribution in [0.15, 0.2) is 72.8 Å². The van der Waals surface area contributed by atoms with Crippen molar-refractivity contribution in [3.63, 3.8) is 0 Å². The summed E-state index contributed by atoms with van der Waals surface area (Å²) in [7, 11) is -2.48. The van der Waals surface area contributed by atoms with Gasteiger partial charge in [0.15, 0.2) is 0 Å². The van der Waals surface area contributed by atoms with Crippen LogP contribution < -0.4 is 16.1 Å². The van der Waals surface area contributed by atoms with Crippen LogP contribution in [-0.2, 0) is 4.43 Å². The van der Waals surface area contributed by atoms with Gasteiger partial charge in [-0.15, -0.1) is 0 Å². The Morgan fingerprint density at radius 1 is 1.00 bits per heavy atom.